The Kier molecular flexibility index (Phi) is 4.41. The molecule has 0 saturated heterocycles. The molecule has 0 aromatic rings. The topological polar surface area (TPSA) is 55.1 Å². The summed E-state index contributed by atoms with van der Waals surface area (Å²) < 4.78 is 36.6. The van der Waals surface area contributed by atoms with E-state index in [-0.39, 0.29) is 5.92 Å². The molecule has 0 bridgehead atoms. The van der Waals surface area contributed by atoms with Crippen LogP contribution in [-0.4, -0.2) is 24.2 Å². The maximum Gasteiger partial charge on any atom is 0.401 e. The van der Waals surface area contributed by atoms with E-state index in [4.69, 9.17) is 5.73 Å². The zero-order valence-corrected chi connectivity index (χ0v) is 9.94. The fourth-order valence-corrected chi connectivity index (χ4v) is 2.48. The van der Waals surface area contributed by atoms with Gasteiger partial charge in [0.15, 0.2) is 0 Å². The lowest BCUT2D eigenvalue weighted by atomic mass is 9.74. The highest BCUT2D eigenvalue weighted by molar-refractivity contribution is 5.84. The van der Waals surface area contributed by atoms with Crippen LogP contribution in [0.5, 0.6) is 0 Å². The van der Waals surface area contributed by atoms with Crippen molar-refractivity contribution >= 4 is 5.91 Å². The SMILES string of the molecule is CCC1CCCC(NCC(F)(F)F)(C(N)=O)C1. The Bertz CT molecular complexity index is 280. The summed E-state index contributed by atoms with van der Waals surface area (Å²) in [5.41, 5.74) is 4.11. The van der Waals surface area contributed by atoms with Gasteiger partial charge in [0.05, 0.1) is 12.1 Å². The van der Waals surface area contributed by atoms with Crippen molar-refractivity contribution in [2.24, 2.45) is 11.7 Å². The molecule has 0 heterocycles. The molecule has 0 radical (unpaired) electrons. The van der Waals surface area contributed by atoms with Crippen LogP contribution in [0, 0.1) is 5.92 Å². The number of nitrogens with one attached hydrogen (secondary N) is 1. The number of hydrogen-bond acceptors (Lipinski definition) is 2. The number of carbonyl (C=O) groups is 1. The smallest absolute Gasteiger partial charge is 0.368 e. The van der Waals surface area contributed by atoms with Gasteiger partial charge < -0.3 is 5.73 Å². The zero-order chi connectivity index (χ0) is 13.1. The molecule has 0 aromatic heterocycles. The Labute approximate surface area is 98.9 Å². The molecule has 0 aromatic carbocycles. The quantitative estimate of drug-likeness (QED) is 0.803. The average Bonchev–Trinajstić information content (AvgIpc) is 2.25. The van der Waals surface area contributed by atoms with Gasteiger partial charge in [-0.1, -0.05) is 26.2 Å². The van der Waals surface area contributed by atoms with E-state index >= 15 is 0 Å². The van der Waals surface area contributed by atoms with Gasteiger partial charge in [0.25, 0.3) is 0 Å². The first-order chi connectivity index (χ1) is 7.79. The molecule has 1 aliphatic rings. The van der Waals surface area contributed by atoms with Gasteiger partial charge in [0.1, 0.15) is 0 Å². The first-order valence-corrected chi connectivity index (χ1v) is 5.91. The van der Waals surface area contributed by atoms with Crippen LogP contribution < -0.4 is 11.1 Å². The molecular weight excluding hydrogens is 233 g/mol. The summed E-state index contributed by atoms with van der Waals surface area (Å²) in [6, 6.07) is 0. The predicted octanol–water partition coefficient (Wildman–Crippen LogP) is 1.96. The molecule has 6 heteroatoms. The second-order valence-electron chi connectivity index (χ2n) is 4.79. The number of carbonyl (C=O) groups excluding carboxylic acids is 1. The monoisotopic (exact) mass is 252 g/mol. The number of alkyl halides is 3. The molecule has 1 rings (SSSR count). The van der Waals surface area contributed by atoms with E-state index in [0.717, 1.165) is 19.3 Å². The molecular formula is C11H19F3N2O. The van der Waals surface area contributed by atoms with E-state index in [1.54, 1.807) is 0 Å². The first kappa shape index (κ1) is 14.3. The van der Waals surface area contributed by atoms with E-state index in [9.17, 15) is 18.0 Å². The molecule has 1 saturated carbocycles. The van der Waals surface area contributed by atoms with Gasteiger partial charge in [-0.3, -0.25) is 10.1 Å². The lowest BCUT2D eigenvalue weighted by molar-refractivity contribution is -0.138. The standard InChI is InChI=1S/C11H19F3N2O/c1-2-8-4-3-5-10(6-8,9(15)17)16-7-11(12,13)14/h8,16H,2-7H2,1H3,(H2,15,17). The summed E-state index contributed by atoms with van der Waals surface area (Å²) in [6.45, 7) is 0.817. The molecule has 3 N–H and O–H groups in total. The van der Waals surface area contributed by atoms with Crippen molar-refractivity contribution in [1.29, 1.82) is 0 Å². The van der Waals surface area contributed by atoms with Crippen molar-refractivity contribution in [2.45, 2.75) is 50.7 Å². The zero-order valence-electron chi connectivity index (χ0n) is 9.94. The Morgan fingerprint density at radius 1 is 1.53 bits per heavy atom. The molecule has 0 spiro atoms. The van der Waals surface area contributed by atoms with Crippen LogP contribution in [-0.2, 0) is 4.79 Å². The molecule has 1 fully saturated rings. The van der Waals surface area contributed by atoms with E-state index < -0.39 is 24.2 Å². The van der Waals surface area contributed by atoms with Crippen LogP contribution in [0.4, 0.5) is 13.2 Å². The summed E-state index contributed by atoms with van der Waals surface area (Å²) in [6.07, 6.45) is -0.945. The highest BCUT2D eigenvalue weighted by atomic mass is 19.4. The normalized spacial score (nSPS) is 30.2. The second-order valence-corrected chi connectivity index (χ2v) is 4.79. The van der Waals surface area contributed by atoms with Crippen molar-refractivity contribution in [2.75, 3.05) is 6.54 Å². The Hall–Kier alpha value is -0.780. The molecule has 3 nitrogen and oxygen atoms in total. The molecule has 1 aliphatic carbocycles. The summed E-state index contributed by atoms with van der Waals surface area (Å²) in [4.78, 5) is 11.4. The molecule has 2 unspecified atom stereocenters. The lowest BCUT2D eigenvalue weighted by Crippen LogP contribution is -2.59. The van der Waals surface area contributed by atoms with Crippen molar-refractivity contribution < 1.29 is 18.0 Å². The van der Waals surface area contributed by atoms with Gasteiger partial charge in [0, 0.05) is 0 Å². The number of primary amides is 1. The first-order valence-electron chi connectivity index (χ1n) is 5.91. The van der Waals surface area contributed by atoms with Crippen molar-refractivity contribution in [1.82, 2.24) is 5.32 Å². The van der Waals surface area contributed by atoms with Crippen molar-refractivity contribution in [3.05, 3.63) is 0 Å². The molecule has 17 heavy (non-hydrogen) atoms. The van der Waals surface area contributed by atoms with E-state index in [0.29, 0.717) is 12.8 Å². The van der Waals surface area contributed by atoms with Crippen LogP contribution in [0.2, 0.25) is 0 Å². The third-order valence-corrected chi connectivity index (χ3v) is 3.53. The van der Waals surface area contributed by atoms with Crippen molar-refractivity contribution in [3.8, 4) is 0 Å². The summed E-state index contributed by atoms with van der Waals surface area (Å²) in [7, 11) is 0. The third-order valence-electron chi connectivity index (χ3n) is 3.53. The fourth-order valence-electron chi connectivity index (χ4n) is 2.48. The maximum atomic E-state index is 12.2. The molecule has 100 valence electrons. The summed E-state index contributed by atoms with van der Waals surface area (Å²) in [5, 5.41) is 2.34. The Balaban J connectivity index is 2.72. The minimum absolute atomic E-state index is 0.275. The van der Waals surface area contributed by atoms with Crippen LogP contribution in [0.1, 0.15) is 39.0 Å². The largest absolute Gasteiger partial charge is 0.401 e. The van der Waals surface area contributed by atoms with E-state index in [2.05, 4.69) is 5.32 Å². The third kappa shape index (κ3) is 3.87. The highest BCUT2D eigenvalue weighted by Crippen LogP contribution is 2.34. The predicted molar refractivity (Wildman–Crippen MR) is 58.2 cm³/mol. The van der Waals surface area contributed by atoms with Gasteiger partial charge in [-0.2, -0.15) is 13.2 Å². The van der Waals surface area contributed by atoms with Crippen LogP contribution in [0.15, 0.2) is 0 Å². The van der Waals surface area contributed by atoms with Gasteiger partial charge >= 0.3 is 6.18 Å². The van der Waals surface area contributed by atoms with Crippen LogP contribution in [0.3, 0.4) is 0 Å². The minimum Gasteiger partial charge on any atom is -0.368 e. The molecule has 0 aliphatic heterocycles. The van der Waals surface area contributed by atoms with Crippen molar-refractivity contribution in [3.63, 3.8) is 0 Å². The number of hydrogen-bond donors (Lipinski definition) is 2. The maximum absolute atomic E-state index is 12.2. The van der Waals surface area contributed by atoms with Gasteiger partial charge in [-0.25, -0.2) is 0 Å². The fraction of sp³-hybridized carbons (Fsp3) is 0.909. The Morgan fingerprint density at radius 2 is 2.18 bits per heavy atom. The van der Waals surface area contributed by atoms with Crippen LogP contribution in [0.25, 0.3) is 0 Å². The molecule has 1 amide bonds. The lowest BCUT2D eigenvalue weighted by Gasteiger charge is -2.39. The highest BCUT2D eigenvalue weighted by Gasteiger charge is 2.43. The number of halogens is 3. The average molecular weight is 252 g/mol. The summed E-state index contributed by atoms with van der Waals surface area (Å²) in [5.74, 6) is -0.392. The van der Waals surface area contributed by atoms with Gasteiger partial charge in [-0.15, -0.1) is 0 Å². The van der Waals surface area contributed by atoms with E-state index in [1.807, 2.05) is 6.92 Å². The number of rotatable bonds is 4. The number of amides is 1. The summed E-state index contributed by atoms with van der Waals surface area (Å²) >= 11 is 0. The Morgan fingerprint density at radius 3 is 2.65 bits per heavy atom. The van der Waals surface area contributed by atoms with Crippen LogP contribution >= 0.6 is 0 Å². The second kappa shape index (κ2) is 5.25. The number of nitrogens with two attached hydrogens (primary N) is 1. The molecule has 2 atom stereocenters. The van der Waals surface area contributed by atoms with Gasteiger partial charge in [-0.05, 0) is 18.8 Å². The minimum atomic E-state index is -4.32. The van der Waals surface area contributed by atoms with E-state index in [1.165, 1.54) is 0 Å². The van der Waals surface area contributed by atoms with Gasteiger partial charge in [0.2, 0.25) is 5.91 Å².